The first-order valence-corrected chi connectivity index (χ1v) is 6.66. The number of nitrogens with zero attached hydrogens (tertiary/aromatic N) is 1. The third-order valence-corrected chi connectivity index (χ3v) is 4.08. The Hall–Kier alpha value is -0.670. The molecule has 2 aliphatic rings. The first-order valence-electron chi connectivity index (χ1n) is 5.87. The molecule has 3 heterocycles. The third kappa shape index (κ3) is 2.06. The quantitative estimate of drug-likeness (QED) is 0.900. The van der Waals surface area contributed by atoms with Crippen LogP contribution in [0.4, 0.5) is 0 Å². The van der Waals surface area contributed by atoms with Gasteiger partial charge in [0.2, 0.25) is 0 Å². The van der Waals surface area contributed by atoms with Crippen molar-refractivity contribution in [3.63, 3.8) is 0 Å². The SMILES string of the molecule is Brc1ccc(/C=C/C2CC3CCC2N3)nc1. The Balaban J connectivity index is 1.68. The van der Waals surface area contributed by atoms with E-state index in [1.165, 1.54) is 19.3 Å². The highest BCUT2D eigenvalue weighted by molar-refractivity contribution is 9.10. The van der Waals surface area contributed by atoms with E-state index in [2.05, 4.69) is 38.4 Å². The first-order chi connectivity index (χ1) is 7.81. The zero-order valence-corrected chi connectivity index (χ0v) is 10.7. The first kappa shape index (κ1) is 10.5. The van der Waals surface area contributed by atoms with Gasteiger partial charge in [-0.05, 0) is 59.3 Å². The fourth-order valence-corrected chi connectivity index (χ4v) is 3.02. The maximum absolute atomic E-state index is 4.35. The molecule has 0 amide bonds. The molecule has 3 rings (SSSR count). The highest BCUT2D eigenvalue weighted by Gasteiger charge is 2.37. The molecular weight excluding hydrogens is 264 g/mol. The van der Waals surface area contributed by atoms with E-state index in [1.807, 2.05) is 18.3 Å². The number of hydrogen-bond acceptors (Lipinski definition) is 2. The highest BCUT2D eigenvalue weighted by atomic mass is 79.9. The molecule has 0 aromatic carbocycles. The van der Waals surface area contributed by atoms with Crippen molar-refractivity contribution >= 4 is 22.0 Å². The Bertz CT molecular complexity index is 399. The van der Waals surface area contributed by atoms with Gasteiger partial charge in [-0.15, -0.1) is 0 Å². The smallest absolute Gasteiger partial charge is 0.0627 e. The molecule has 3 unspecified atom stereocenters. The molecule has 2 fully saturated rings. The molecule has 0 aliphatic carbocycles. The molecule has 0 spiro atoms. The van der Waals surface area contributed by atoms with Crippen LogP contribution in [-0.4, -0.2) is 17.1 Å². The molecular formula is C13H15BrN2. The normalized spacial score (nSPS) is 32.7. The molecule has 2 bridgehead atoms. The molecule has 2 saturated heterocycles. The second-order valence-electron chi connectivity index (χ2n) is 4.71. The summed E-state index contributed by atoms with van der Waals surface area (Å²) >= 11 is 3.39. The van der Waals surface area contributed by atoms with Gasteiger partial charge < -0.3 is 5.32 Å². The number of nitrogens with one attached hydrogen (secondary N) is 1. The molecule has 84 valence electrons. The summed E-state index contributed by atoms with van der Waals surface area (Å²) in [4.78, 5) is 4.35. The molecule has 0 saturated carbocycles. The van der Waals surface area contributed by atoms with Crippen LogP contribution in [0.1, 0.15) is 25.0 Å². The average Bonchev–Trinajstić information content (AvgIpc) is 2.90. The number of hydrogen-bond donors (Lipinski definition) is 1. The number of halogens is 1. The van der Waals surface area contributed by atoms with Crippen LogP contribution in [-0.2, 0) is 0 Å². The molecule has 16 heavy (non-hydrogen) atoms. The van der Waals surface area contributed by atoms with Gasteiger partial charge >= 0.3 is 0 Å². The standard InChI is InChI=1S/C13H15BrN2/c14-10-2-4-11(15-8-10)3-1-9-7-12-5-6-13(9)16-12/h1-4,8-9,12-13,16H,5-7H2/b3-1+. The molecule has 1 N–H and O–H groups in total. The summed E-state index contributed by atoms with van der Waals surface area (Å²) in [7, 11) is 0. The predicted molar refractivity (Wildman–Crippen MR) is 69.0 cm³/mol. The summed E-state index contributed by atoms with van der Waals surface area (Å²) in [6.45, 7) is 0. The van der Waals surface area contributed by atoms with Crippen molar-refractivity contribution in [1.29, 1.82) is 0 Å². The topological polar surface area (TPSA) is 24.9 Å². The Labute approximate surface area is 104 Å². The summed E-state index contributed by atoms with van der Waals surface area (Å²) in [5.74, 6) is 0.712. The Morgan fingerprint density at radius 2 is 2.31 bits per heavy atom. The largest absolute Gasteiger partial charge is 0.311 e. The summed E-state index contributed by atoms with van der Waals surface area (Å²) in [5.41, 5.74) is 1.05. The van der Waals surface area contributed by atoms with Gasteiger partial charge in [-0.2, -0.15) is 0 Å². The zero-order chi connectivity index (χ0) is 11.0. The van der Waals surface area contributed by atoms with E-state index in [9.17, 15) is 0 Å². The Morgan fingerprint density at radius 3 is 2.94 bits per heavy atom. The van der Waals surface area contributed by atoms with Crippen LogP contribution in [0.15, 0.2) is 28.9 Å². The van der Waals surface area contributed by atoms with Crippen LogP contribution in [0.2, 0.25) is 0 Å². The van der Waals surface area contributed by atoms with Gasteiger partial charge in [-0.3, -0.25) is 4.98 Å². The van der Waals surface area contributed by atoms with Crippen molar-refractivity contribution in [3.05, 3.63) is 34.6 Å². The van der Waals surface area contributed by atoms with Crippen LogP contribution < -0.4 is 5.32 Å². The van der Waals surface area contributed by atoms with E-state index in [0.29, 0.717) is 5.92 Å². The minimum atomic E-state index is 0.712. The summed E-state index contributed by atoms with van der Waals surface area (Å²) < 4.78 is 1.03. The summed E-state index contributed by atoms with van der Waals surface area (Å²) in [5, 5.41) is 3.64. The lowest BCUT2D eigenvalue weighted by Crippen LogP contribution is -2.21. The Morgan fingerprint density at radius 1 is 1.38 bits per heavy atom. The van der Waals surface area contributed by atoms with Crippen molar-refractivity contribution in [2.75, 3.05) is 0 Å². The van der Waals surface area contributed by atoms with Crippen LogP contribution in [0.5, 0.6) is 0 Å². The lowest BCUT2D eigenvalue weighted by atomic mass is 9.89. The maximum atomic E-state index is 4.35. The van der Waals surface area contributed by atoms with Gasteiger partial charge in [0, 0.05) is 22.8 Å². The molecule has 0 radical (unpaired) electrons. The number of rotatable bonds is 2. The molecule has 1 aromatic heterocycles. The minimum absolute atomic E-state index is 0.712. The van der Waals surface area contributed by atoms with Gasteiger partial charge in [0.25, 0.3) is 0 Å². The van der Waals surface area contributed by atoms with E-state index < -0.39 is 0 Å². The van der Waals surface area contributed by atoms with Crippen molar-refractivity contribution in [2.45, 2.75) is 31.3 Å². The van der Waals surface area contributed by atoms with Crippen LogP contribution >= 0.6 is 15.9 Å². The highest BCUT2D eigenvalue weighted by Crippen LogP contribution is 2.34. The van der Waals surface area contributed by atoms with E-state index in [4.69, 9.17) is 0 Å². The molecule has 2 nitrogen and oxygen atoms in total. The van der Waals surface area contributed by atoms with Gasteiger partial charge in [0.15, 0.2) is 0 Å². The van der Waals surface area contributed by atoms with E-state index in [0.717, 1.165) is 22.3 Å². The fourth-order valence-electron chi connectivity index (χ4n) is 2.79. The predicted octanol–water partition coefficient (Wildman–Crippen LogP) is 3.00. The zero-order valence-electron chi connectivity index (χ0n) is 9.07. The van der Waals surface area contributed by atoms with Gasteiger partial charge in [0.1, 0.15) is 0 Å². The van der Waals surface area contributed by atoms with Crippen molar-refractivity contribution in [1.82, 2.24) is 10.3 Å². The second-order valence-corrected chi connectivity index (χ2v) is 5.62. The summed E-state index contributed by atoms with van der Waals surface area (Å²) in [6, 6.07) is 5.57. The van der Waals surface area contributed by atoms with E-state index in [1.54, 1.807) is 0 Å². The monoisotopic (exact) mass is 278 g/mol. The van der Waals surface area contributed by atoms with Crippen LogP contribution in [0.3, 0.4) is 0 Å². The second kappa shape index (κ2) is 4.30. The Kier molecular flexibility index (Phi) is 2.82. The number of pyridine rings is 1. The third-order valence-electron chi connectivity index (χ3n) is 3.61. The summed E-state index contributed by atoms with van der Waals surface area (Å²) in [6.07, 6.45) is 10.3. The van der Waals surface area contributed by atoms with Crippen molar-refractivity contribution < 1.29 is 0 Å². The van der Waals surface area contributed by atoms with Crippen molar-refractivity contribution in [3.8, 4) is 0 Å². The molecule has 2 aliphatic heterocycles. The maximum Gasteiger partial charge on any atom is 0.0627 e. The minimum Gasteiger partial charge on any atom is -0.311 e. The van der Waals surface area contributed by atoms with Crippen LogP contribution in [0, 0.1) is 5.92 Å². The van der Waals surface area contributed by atoms with Gasteiger partial charge in [-0.1, -0.05) is 6.08 Å². The lowest BCUT2D eigenvalue weighted by molar-refractivity contribution is 0.481. The number of fused-ring (bicyclic) bond motifs is 2. The van der Waals surface area contributed by atoms with Crippen LogP contribution in [0.25, 0.3) is 6.08 Å². The van der Waals surface area contributed by atoms with E-state index in [-0.39, 0.29) is 0 Å². The van der Waals surface area contributed by atoms with E-state index >= 15 is 0 Å². The molecule has 3 heteroatoms. The van der Waals surface area contributed by atoms with Gasteiger partial charge in [-0.25, -0.2) is 0 Å². The number of aromatic nitrogens is 1. The lowest BCUT2D eigenvalue weighted by Gasteiger charge is -2.15. The van der Waals surface area contributed by atoms with Gasteiger partial charge in [0.05, 0.1) is 5.69 Å². The molecule has 3 atom stereocenters. The molecule has 1 aromatic rings. The average molecular weight is 279 g/mol. The fraction of sp³-hybridized carbons (Fsp3) is 0.462. The van der Waals surface area contributed by atoms with Crippen molar-refractivity contribution in [2.24, 2.45) is 5.92 Å².